The molecular formula is C19H22BrFN2OS. The topological polar surface area (TPSA) is 26.7 Å². The molecule has 25 heavy (non-hydrogen) atoms. The number of nitrogens with zero attached hydrogens (tertiary/aromatic N) is 2. The van der Waals surface area contributed by atoms with Crippen molar-refractivity contribution >= 4 is 33.4 Å². The fourth-order valence-corrected chi connectivity index (χ4v) is 4.00. The van der Waals surface area contributed by atoms with Crippen LogP contribution in [0.25, 0.3) is 0 Å². The number of β-amino-alcohol motifs (C(OH)–C–C–N with tert-alkyl or cyclic N) is 1. The molecule has 134 valence electrons. The van der Waals surface area contributed by atoms with E-state index in [9.17, 15) is 9.50 Å². The van der Waals surface area contributed by atoms with Gasteiger partial charge >= 0.3 is 0 Å². The molecule has 1 aliphatic heterocycles. The van der Waals surface area contributed by atoms with Gasteiger partial charge in [-0.2, -0.15) is 0 Å². The van der Waals surface area contributed by atoms with Crippen molar-refractivity contribution in [3.05, 3.63) is 58.8 Å². The third-order valence-corrected chi connectivity index (χ3v) is 5.97. The summed E-state index contributed by atoms with van der Waals surface area (Å²) in [5, 5.41) is 10.3. The zero-order chi connectivity index (χ0) is 17.6. The number of aliphatic hydroxyl groups excluding tert-OH is 1. The van der Waals surface area contributed by atoms with Crippen LogP contribution in [0.1, 0.15) is 0 Å². The van der Waals surface area contributed by atoms with Gasteiger partial charge in [0, 0.05) is 53.5 Å². The Labute approximate surface area is 161 Å². The number of rotatable bonds is 6. The summed E-state index contributed by atoms with van der Waals surface area (Å²) in [5.74, 6) is 0.494. The number of anilines is 1. The van der Waals surface area contributed by atoms with Crippen LogP contribution >= 0.6 is 27.7 Å². The highest BCUT2D eigenvalue weighted by Crippen LogP contribution is 2.22. The first-order chi connectivity index (χ1) is 12.1. The van der Waals surface area contributed by atoms with E-state index in [0.29, 0.717) is 12.3 Å². The van der Waals surface area contributed by atoms with Gasteiger partial charge in [-0.25, -0.2) is 4.39 Å². The number of hydrogen-bond donors (Lipinski definition) is 1. The van der Waals surface area contributed by atoms with E-state index in [-0.39, 0.29) is 11.9 Å². The molecule has 3 nitrogen and oxygen atoms in total. The largest absolute Gasteiger partial charge is 0.391 e. The smallest absolute Gasteiger partial charge is 0.123 e. The van der Waals surface area contributed by atoms with E-state index in [1.165, 1.54) is 17.0 Å². The standard InChI is InChI=1S/C19H22BrFN2OS/c20-15-1-7-19(8-2-15)25-14-18(24)13-22-9-11-23(12-10-22)17-5-3-16(21)4-6-17/h1-8,18,24H,9-14H2/t18-/m0/s1. The fraction of sp³-hybridized carbons (Fsp3) is 0.368. The van der Waals surface area contributed by atoms with Gasteiger partial charge in [0.1, 0.15) is 5.82 Å². The summed E-state index contributed by atoms with van der Waals surface area (Å²) in [4.78, 5) is 5.73. The minimum atomic E-state index is -0.342. The average Bonchev–Trinajstić information content (AvgIpc) is 2.63. The Bertz CT molecular complexity index is 660. The summed E-state index contributed by atoms with van der Waals surface area (Å²) < 4.78 is 14.1. The molecule has 6 heteroatoms. The van der Waals surface area contributed by atoms with Crippen LogP contribution in [0, 0.1) is 5.82 Å². The number of piperazine rings is 1. The van der Waals surface area contributed by atoms with Crippen LogP contribution in [-0.4, -0.2) is 54.6 Å². The molecule has 0 aliphatic carbocycles. The van der Waals surface area contributed by atoms with Crippen LogP contribution in [0.15, 0.2) is 57.9 Å². The second-order valence-corrected chi connectivity index (χ2v) is 8.19. The number of hydrogen-bond acceptors (Lipinski definition) is 4. The van der Waals surface area contributed by atoms with Crippen LogP contribution < -0.4 is 4.90 Å². The van der Waals surface area contributed by atoms with Gasteiger partial charge in [0.05, 0.1) is 6.10 Å². The van der Waals surface area contributed by atoms with Gasteiger partial charge in [-0.3, -0.25) is 4.90 Å². The third-order valence-electron chi connectivity index (χ3n) is 4.29. The quantitative estimate of drug-likeness (QED) is 0.712. The lowest BCUT2D eigenvalue weighted by atomic mass is 10.2. The lowest BCUT2D eigenvalue weighted by molar-refractivity contribution is 0.126. The van der Waals surface area contributed by atoms with E-state index in [1.807, 2.05) is 24.3 Å². The Morgan fingerprint density at radius 2 is 1.64 bits per heavy atom. The maximum absolute atomic E-state index is 13.0. The molecule has 0 aromatic heterocycles. The SMILES string of the molecule is O[C@H](CSc1ccc(Br)cc1)CN1CCN(c2ccc(F)cc2)CC1. The summed E-state index contributed by atoms with van der Waals surface area (Å²) >= 11 is 5.11. The number of halogens is 2. The number of thioether (sulfide) groups is 1. The molecule has 0 saturated carbocycles. The summed E-state index contributed by atoms with van der Waals surface area (Å²) in [5.41, 5.74) is 1.06. The summed E-state index contributed by atoms with van der Waals surface area (Å²) in [7, 11) is 0. The second-order valence-electron chi connectivity index (χ2n) is 6.18. The van der Waals surface area contributed by atoms with E-state index in [0.717, 1.165) is 36.3 Å². The molecule has 0 bridgehead atoms. The predicted molar refractivity (Wildman–Crippen MR) is 106 cm³/mol. The minimum absolute atomic E-state index is 0.200. The second kappa shape index (κ2) is 9.03. The van der Waals surface area contributed by atoms with Gasteiger partial charge in [-0.15, -0.1) is 11.8 Å². The number of benzene rings is 2. The molecular weight excluding hydrogens is 403 g/mol. The monoisotopic (exact) mass is 424 g/mol. The first-order valence-corrected chi connectivity index (χ1v) is 10.2. The molecule has 0 spiro atoms. The van der Waals surface area contributed by atoms with Crippen molar-refractivity contribution < 1.29 is 9.50 Å². The first-order valence-electron chi connectivity index (χ1n) is 8.39. The Hall–Kier alpha value is -1.08. The van der Waals surface area contributed by atoms with Crippen molar-refractivity contribution in [3.63, 3.8) is 0 Å². The Morgan fingerprint density at radius 3 is 2.28 bits per heavy atom. The van der Waals surface area contributed by atoms with Crippen molar-refractivity contribution in [2.45, 2.75) is 11.0 Å². The summed E-state index contributed by atoms with van der Waals surface area (Å²) in [6, 6.07) is 14.8. The molecule has 1 atom stereocenters. The minimum Gasteiger partial charge on any atom is -0.391 e. The van der Waals surface area contributed by atoms with Gasteiger partial charge < -0.3 is 10.0 Å². The van der Waals surface area contributed by atoms with Gasteiger partial charge in [0.2, 0.25) is 0 Å². The van der Waals surface area contributed by atoms with Crippen LogP contribution in [0.5, 0.6) is 0 Å². The van der Waals surface area contributed by atoms with Crippen molar-refractivity contribution in [2.24, 2.45) is 0 Å². The van der Waals surface area contributed by atoms with Gasteiger partial charge in [-0.1, -0.05) is 15.9 Å². The molecule has 1 N–H and O–H groups in total. The van der Waals surface area contributed by atoms with Crippen molar-refractivity contribution in [2.75, 3.05) is 43.4 Å². The molecule has 1 aliphatic rings. The molecule has 1 fully saturated rings. The van der Waals surface area contributed by atoms with E-state index in [2.05, 4.69) is 37.9 Å². The van der Waals surface area contributed by atoms with E-state index in [4.69, 9.17) is 0 Å². The van der Waals surface area contributed by atoms with Gasteiger partial charge in [0.15, 0.2) is 0 Å². The highest BCUT2D eigenvalue weighted by Gasteiger charge is 2.19. The lowest BCUT2D eigenvalue weighted by Crippen LogP contribution is -2.48. The maximum atomic E-state index is 13.0. The van der Waals surface area contributed by atoms with Crippen LogP contribution in [0.3, 0.4) is 0 Å². The van der Waals surface area contributed by atoms with Crippen molar-refractivity contribution in [1.29, 1.82) is 0 Å². The van der Waals surface area contributed by atoms with Crippen molar-refractivity contribution in [1.82, 2.24) is 4.90 Å². The maximum Gasteiger partial charge on any atom is 0.123 e. The Morgan fingerprint density at radius 1 is 1.00 bits per heavy atom. The van der Waals surface area contributed by atoms with Gasteiger partial charge in [0.25, 0.3) is 0 Å². The molecule has 3 rings (SSSR count). The molecule has 1 heterocycles. The van der Waals surface area contributed by atoms with Crippen LogP contribution in [-0.2, 0) is 0 Å². The molecule has 0 radical (unpaired) electrons. The Balaban J connectivity index is 1.40. The summed E-state index contributed by atoms with van der Waals surface area (Å²) in [6.07, 6.45) is -0.342. The van der Waals surface area contributed by atoms with Crippen LogP contribution in [0.4, 0.5) is 10.1 Å². The molecule has 2 aromatic carbocycles. The number of aliphatic hydroxyl groups is 1. The fourth-order valence-electron chi connectivity index (χ4n) is 2.91. The van der Waals surface area contributed by atoms with Crippen molar-refractivity contribution in [3.8, 4) is 0 Å². The van der Waals surface area contributed by atoms with E-state index < -0.39 is 0 Å². The van der Waals surface area contributed by atoms with Crippen LogP contribution in [0.2, 0.25) is 0 Å². The molecule has 0 unspecified atom stereocenters. The zero-order valence-corrected chi connectivity index (χ0v) is 16.3. The predicted octanol–water partition coefficient (Wildman–Crippen LogP) is 3.86. The molecule has 0 amide bonds. The third kappa shape index (κ3) is 5.71. The van der Waals surface area contributed by atoms with Gasteiger partial charge in [-0.05, 0) is 48.5 Å². The molecule has 1 saturated heterocycles. The zero-order valence-electron chi connectivity index (χ0n) is 13.9. The highest BCUT2D eigenvalue weighted by molar-refractivity contribution is 9.10. The highest BCUT2D eigenvalue weighted by atomic mass is 79.9. The summed E-state index contributed by atoms with van der Waals surface area (Å²) in [6.45, 7) is 4.33. The Kier molecular flexibility index (Phi) is 6.76. The molecule has 2 aromatic rings. The van der Waals surface area contributed by atoms with E-state index >= 15 is 0 Å². The van der Waals surface area contributed by atoms with E-state index in [1.54, 1.807) is 11.8 Å². The normalized spacial score (nSPS) is 16.8. The lowest BCUT2D eigenvalue weighted by Gasteiger charge is -2.36. The average molecular weight is 425 g/mol. The first kappa shape index (κ1) is 18.7.